The molecule has 17 heavy (non-hydrogen) atoms. The van der Waals surface area contributed by atoms with E-state index in [1.165, 1.54) is 0 Å². The van der Waals surface area contributed by atoms with E-state index in [4.69, 9.17) is 5.11 Å². The van der Waals surface area contributed by atoms with Crippen molar-refractivity contribution in [1.82, 2.24) is 0 Å². The number of carbonyl (C=O) groups is 2. The van der Waals surface area contributed by atoms with Crippen molar-refractivity contribution in [2.24, 2.45) is 0 Å². The van der Waals surface area contributed by atoms with Gasteiger partial charge < -0.3 is 9.84 Å². The number of hydrogen-bond acceptors (Lipinski definition) is 3. The third-order valence-electron chi connectivity index (χ3n) is 2.16. The van der Waals surface area contributed by atoms with Gasteiger partial charge in [-0.05, 0) is 6.42 Å². The van der Waals surface area contributed by atoms with Crippen molar-refractivity contribution in [3.8, 4) is 0 Å². The fourth-order valence-electron chi connectivity index (χ4n) is 1.24. The Balaban J connectivity index is 3.55. The third kappa shape index (κ3) is 10.9. The number of halogens is 1. The Morgan fingerprint density at radius 3 is 2.59 bits per heavy atom. The van der Waals surface area contributed by atoms with Crippen LogP contribution in [0.4, 0.5) is 4.39 Å². The molecule has 0 radical (unpaired) electrons. The molecular weight excluding hydrogens is 227 g/mol. The molecule has 0 fully saturated rings. The maximum absolute atomic E-state index is 13.2. The van der Waals surface area contributed by atoms with Gasteiger partial charge in [-0.3, -0.25) is 0 Å². The highest BCUT2D eigenvalue weighted by Crippen LogP contribution is 2.09. The molecule has 0 heterocycles. The standard InChI is InChI=1S/C12H19FO4/c1-2-3-4-5-10(13)8-9-17-12(16)7-6-11(14)15/h6-7,10H,2-5,8-9H2,1H3,(H,14,15)/b7-6+. The van der Waals surface area contributed by atoms with E-state index in [9.17, 15) is 14.0 Å². The van der Waals surface area contributed by atoms with Gasteiger partial charge in [0.15, 0.2) is 0 Å². The molecule has 0 saturated carbocycles. The van der Waals surface area contributed by atoms with Crippen LogP contribution in [0.5, 0.6) is 0 Å². The minimum Gasteiger partial charge on any atom is -0.478 e. The van der Waals surface area contributed by atoms with Crippen molar-refractivity contribution < 1.29 is 23.8 Å². The number of ether oxygens (including phenoxy) is 1. The molecule has 5 heteroatoms. The van der Waals surface area contributed by atoms with Gasteiger partial charge in [0.05, 0.1) is 6.61 Å². The van der Waals surface area contributed by atoms with Crippen LogP contribution in [0.25, 0.3) is 0 Å². The SMILES string of the molecule is CCCCCC(F)CCOC(=O)/C=C/C(=O)O. The third-order valence-corrected chi connectivity index (χ3v) is 2.16. The lowest BCUT2D eigenvalue weighted by molar-refractivity contribution is -0.139. The highest BCUT2D eigenvalue weighted by Gasteiger charge is 2.07. The number of rotatable bonds is 9. The number of hydrogen-bond donors (Lipinski definition) is 1. The van der Waals surface area contributed by atoms with Gasteiger partial charge in [-0.1, -0.05) is 26.2 Å². The molecule has 0 aromatic heterocycles. The summed E-state index contributed by atoms with van der Waals surface area (Å²) in [5.74, 6) is -1.97. The average molecular weight is 246 g/mol. The second-order valence-corrected chi connectivity index (χ2v) is 3.72. The molecule has 1 atom stereocenters. The van der Waals surface area contributed by atoms with Crippen molar-refractivity contribution in [1.29, 1.82) is 0 Å². The van der Waals surface area contributed by atoms with Crippen LogP contribution in [0.1, 0.15) is 39.0 Å². The molecule has 0 aromatic rings. The van der Waals surface area contributed by atoms with Gasteiger partial charge in [0, 0.05) is 18.6 Å². The van der Waals surface area contributed by atoms with Gasteiger partial charge in [0.1, 0.15) is 6.17 Å². The van der Waals surface area contributed by atoms with E-state index >= 15 is 0 Å². The number of carboxylic acid groups (broad SMARTS) is 1. The summed E-state index contributed by atoms with van der Waals surface area (Å²) in [6.45, 7) is 2.03. The van der Waals surface area contributed by atoms with Gasteiger partial charge in [-0.2, -0.15) is 0 Å². The first-order valence-corrected chi connectivity index (χ1v) is 5.78. The van der Waals surface area contributed by atoms with Crippen molar-refractivity contribution in [2.45, 2.75) is 45.2 Å². The van der Waals surface area contributed by atoms with E-state index in [2.05, 4.69) is 4.74 Å². The monoisotopic (exact) mass is 246 g/mol. The van der Waals surface area contributed by atoms with Crippen LogP contribution in [0.2, 0.25) is 0 Å². The highest BCUT2D eigenvalue weighted by atomic mass is 19.1. The number of carbonyl (C=O) groups excluding carboxylic acids is 1. The van der Waals surface area contributed by atoms with Crippen LogP contribution < -0.4 is 0 Å². The fourth-order valence-corrected chi connectivity index (χ4v) is 1.24. The summed E-state index contributed by atoms with van der Waals surface area (Å²) in [4.78, 5) is 21.0. The van der Waals surface area contributed by atoms with Crippen LogP contribution >= 0.6 is 0 Å². The number of alkyl halides is 1. The molecule has 0 aliphatic heterocycles. The van der Waals surface area contributed by atoms with Crippen molar-refractivity contribution >= 4 is 11.9 Å². The molecule has 0 amide bonds. The summed E-state index contributed by atoms with van der Waals surface area (Å²) in [6, 6.07) is 0. The number of aliphatic carboxylic acids is 1. The molecular formula is C12H19FO4. The van der Waals surface area contributed by atoms with Crippen LogP contribution in [0.3, 0.4) is 0 Å². The lowest BCUT2D eigenvalue weighted by atomic mass is 10.1. The summed E-state index contributed by atoms with van der Waals surface area (Å²) in [5.41, 5.74) is 0. The van der Waals surface area contributed by atoms with E-state index in [1.807, 2.05) is 6.92 Å². The molecule has 0 saturated heterocycles. The van der Waals surface area contributed by atoms with E-state index in [0.717, 1.165) is 25.3 Å². The lowest BCUT2D eigenvalue weighted by Crippen LogP contribution is -2.09. The molecule has 0 aliphatic carbocycles. The summed E-state index contributed by atoms with van der Waals surface area (Å²) in [7, 11) is 0. The summed E-state index contributed by atoms with van der Waals surface area (Å²) in [5, 5.41) is 8.24. The predicted octanol–water partition coefficient (Wildman–Crippen LogP) is 2.48. The molecule has 0 rings (SSSR count). The molecule has 98 valence electrons. The van der Waals surface area contributed by atoms with Gasteiger partial charge in [-0.25, -0.2) is 14.0 Å². The predicted molar refractivity (Wildman–Crippen MR) is 61.4 cm³/mol. The average Bonchev–Trinajstić information content (AvgIpc) is 2.27. The quantitative estimate of drug-likeness (QED) is 0.385. The smallest absolute Gasteiger partial charge is 0.331 e. The minimum atomic E-state index is -1.22. The van der Waals surface area contributed by atoms with Gasteiger partial charge >= 0.3 is 11.9 Å². The first-order valence-electron chi connectivity index (χ1n) is 5.78. The van der Waals surface area contributed by atoms with Crippen LogP contribution in [-0.2, 0) is 14.3 Å². The summed E-state index contributed by atoms with van der Waals surface area (Å²) >= 11 is 0. The van der Waals surface area contributed by atoms with Gasteiger partial charge in [-0.15, -0.1) is 0 Å². The Hall–Kier alpha value is -1.39. The normalized spacial score (nSPS) is 12.6. The second kappa shape index (κ2) is 9.81. The van der Waals surface area contributed by atoms with Crippen LogP contribution in [0.15, 0.2) is 12.2 Å². The molecule has 1 unspecified atom stereocenters. The topological polar surface area (TPSA) is 63.6 Å². The van der Waals surface area contributed by atoms with Crippen molar-refractivity contribution in [3.05, 3.63) is 12.2 Å². The molecule has 0 spiro atoms. The van der Waals surface area contributed by atoms with Crippen molar-refractivity contribution in [2.75, 3.05) is 6.61 Å². The fraction of sp³-hybridized carbons (Fsp3) is 0.667. The van der Waals surface area contributed by atoms with E-state index < -0.39 is 18.1 Å². The molecule has 0 aromatic carbocycles. The Labute approximate surface area is 100 Å². The zero-order valence-electron chi connectivity index (χ0n) is 10.0. The maximum Gasteiger partial charge on any atom is 0.331 e. The van der Waals surface area contributed by atoms with Crippen LogP contribution in [0, 0.1) is 0 Å². The number of unbranched alkanes of at least 4 members (excludes halogenated alkanes) is 2. The zero-order chi connectivity index (χ0) is 13.1. The summed E-state index contributed by atoms with van der Waals surface area (Å²) < 4.78 is 17.8. The Bertz CT molecular complexity index is 263. The van der Waals surface area contributed by atoms with E-state index in [-0.39, 0.29) is 13.0 Å². The number of esters is 1. The molecule has 0 bridgehead atoms. The molecule has 0 aliphatic rings. The van der Waals surface area contributed by atoms with Gasteiger partial charge in [0.25, 0.3) is 0 Å². The van der Waals surface area contributed by atoms with E-state index in [0.29, 0.717) is 12.5 Å². The summed E-state index contributed by atoms with van der Waals surface area (Å²) in [6.07, 6.45) is 4.07. The maximum atomic E-state index is 13.2. The Morgan fingerprint density at radius 1 is 1.29 bits per heavy atom. The molecule has 1 N–H and O–H groups in total. The first kappa shape index (κ1) is 15.6. The lowest BCUT2D eigenvalue weighted by Gasteiger charge is -2.07. The van der Waals surface area contributed by atoms with E-state index in [1.54, 1.807) is 0 Å². The van der Waals surface area contributed by atoms with Crippen LogP contribution in [-0.4, -0.2) is 29.8 Å². The molecule has 4 nitrogen and oxygen atoms in total. The Morgan fingerprint density at radius 2 is 2.00 bits per heavy atom. The van der Waals surface area contributed by atoms with Crippen molar-refractivity contribution in [3.63, 3.8) is 0 Å². The Kier molecular flexibility index (Phi) is 9.01. The highest BCUT2D eigenvalue weighted by molar-refractivity contribution is 5.90. The largest absolute Gasteiger partial charge is 0.478 e. The van der Waals surface area contributed by atoms with Gasteiger partial charge in [0.2, 0.25) is 0 Å². The minimum absolute atomic E-state index is 0.0178. The zero-order valence-corrected chi connectivity index (χ0v) is 10.0. The number of carboxylic acids is 1. The first-order chi connectivity index (χ1) is 8.06. The second-order valence-electron chi connectivity index (χ2n) is 3.72.